The predicted octanol–water partition coefficient (Wildman–Crippen LogP) is 2.82. The van der Waals surface area contributed by atoms with Crippen LogP contribution in [0.15, 0.2) is 18.2 Å². The smallest absolute Gasteiger partial charge is 0.226 e. The molecule has 0 aliphatic carbocycles. The van der Waals surface area contributed by atoms with Crippen molar-refractivity contribution in [1.82, 2.24) is 9.88 Å². The molecule has 0 spiro atoms. The van der Waals surface area contributed by atoms with E-state index in [-0.39, 0.29) is 11.5 Å². The van der Waals surface area contributed by atoms with Crippen LogP contribution in [0.4, 0.5) is 0 Å². The summed E-state index contributed by atoms with van der Waals surface area (Å²) in [5, 5.41) is 1.23. The molecule has 0 saturated carbocycles. The molecule has 4 rings (SSSR count). The largest absolute Gasteiger partial charge is 0.497 e. The fourth-order valence-corrected chi connectivity index (χ4v) is 4.19. The van der Waals surface area contributed by atoms with E-state index in [1.807, 2.05) is 13.0 Å². The molecule has 2 aromatic rings. The number of nitrogens with zero attached hydrogens (tertiary/aromatic N) is 1. The van der Waals surface area contributed by atoms with E-state index < -0.39 is 0 Å². The first-order valence-electron chi connectivity index (χ1n) is 7.55. The minimum Gasteiger partial charge on any atom is -0.497 e. The summed E-state index contributed by atoms with van der Waals surface area (Å²) in [6.45, 7) is 5.05. The number of nitrogens with one attached hydrogen (secondary N) is 1. The van der Waals surface area contributed by atoms with E-state index in [0.717, 1.165) is 30.7 Å². The molecule has 2 aliphatic rings. The fourth-order valence-electron chi connectivity index (χ4n) is 4.19. The average Bonchev–Trinajstić information content (AvgIpc) is 2.95. The van der Waals surface area contributed by atoms with Gasteiger partial charge >= 0.3 is 0 Å². The van der Waals surface area contributed by atoms with Crippen molar-refractivity contribution in [3.63, 3.8) is 0 Å². The molecule has 0 bridgehead atoms. The highest BCUT2D eigenvalue weighted by Crippen LogP contribution is 2.47. The normalized spacial score (nSPS) is 27.9. The lowest BCUT2D eigenvalue weighted by Crippen LogP contribution is -2.46. The van der Waals surface area contributed by atoms with E-state index in [0.29, 0.717) is 5.91 Å². The van der Waals surface area contributed by atoms with Crippen molar-refractivity contribution in [2.75, 3.05) is 13.7 Å². The van der Waals surface area contributed by atoms with Gasteiger partial charge in [0.1, 0.15) is 5.75 Å². The molecular formula is C17H20N2O2. The van der Waals surface area contributed by atoms with Gasteiger partial charge in [-0.05, 0) is 43.5 Å². The topological polar surface area (TPSA) is 45.3 Å². The van der Waals surface area contributed by atoms with Gasteiger partial charge < -0.3 is 14.6 Å². The molecule has 4 nitrogen and oxygen atoms in total. The van der Waals surface area contributed by atoms with Crippen LogP contribution in [0.1, 0.15) is 31.5 Å². The lowest BCUT2D eigenvalue weighted by Gasteiger charge is -2.39. The van der Waals surface area contributed by atoms with Crippen molar-refractivity contribution >= 4 is 16.8 Å². The number of hydrogen-bond acceptors (Lipinski definition) is 2. The summed E-state index contributed by atoms with van der Waals surface area (Å²) < 4.78 is 5.35. The Morgan fingerprint density at radius 2 is 2.24 bits per heavy atom. The summed E-state index contributed by atoms with van der Waals surface area (Å²) in [6.07, 6.45) is 1.80. The molecular weight excluding hydrogens is 264 g/mol. The Bertz CT molecular complexity index is 749. The quantitative estimate of drug-likeness (QED) is 0.875. The zero-order chi connectivity index (χ0) is 14.8. The van der Waals surface area contributed by atoms with Crippen molar-refractivity contribution in [2.45, 2.75) is 32.2 Å². The second-order valence-electron chi connectivity index (χ2n) is 6.51. The van der Waals surface area contributed by atoms with E-state index in [2.05, 4.69) is 28.9 Å². The van der Waals surface area contributed by atoms with E-state index >= 15 is 0 Å². The third kappa shape index (κ3) is 1.53. The molecule has 1 fully saturated rings. The summed E-state index contributed by atoms with van der Waals surface area (Å²) in [7, 11) is 1.70. The molecule has 1 N–H and O–H groups in total. The lowest BCUT2D eigenvalue weighted by molar-refractivity contribution is -0.133. The third-order valence-electron chi connectivity index (χ3n) is 5.22. The first-order chi connectivity index (χ1) is 10.0. The molecule has 3 heterocycles. The van der Waals surface area contributed by atoms with Gasteiger partial charge in [-0.15, -0.1) is 0 Å². The summed E-state index contributed by atoms with van der Waals surface area (Å²) in [6, 6.07) is 6.15. The molecule has 0 unspecified atom stereocenters. The molecule has 4 heteroatoms. The van der Waals surface area contributed by atoms with Crippen LogP contribution in [-0.2, 0) is 16.8 Å². The fraction of sp³-hybridized carbons (Fsp3) is 0.471. The van der Waals surface area contributed by atoms with Crippen molar-refractivity contribution in [3.8, 4) is 5.75 Å². The zero-order valence-corrected chi connectivity index (χ0v) is 12.7. The molecule has 0 radical (unpaired) electrons. The molecule has 21 heavy (non-hydrogen) atoms. The van der Waals surface area contributed by atoms with Gasteiger partial charge in [0.2, 0.25) is 5.91 Å². The number of methoxy groups -OCH3 is 1. The number of aromatic amines is 1. The number of hydrogen-bond donors (Lipinski definition) is 1. The van der Waals surface area contributed by atoms with Gasteiger partial charge in [0.25, 0.3) is 0 Å². The molecule has 2 atom stereocenters. The number of ether oxygens (including phenoxy) is 1. The Labute approximate surface area is 124 Å². The molecule has 2 aliphatic heterocycles. The Hall–Kier alpha value is -1.97. The SMILES string of the molecule is COc1ccc2[nH]c3c(c2c1)CCN1C(=O)[C@H](C)C[C@@]31C. The second kappa shape index (κ2) is 4.03. The van der Waals surface area contributed by atoms with Crippen molar-refractivity contribution in [2.24, 2.45) is 5.92 Å². The van der Waals surface area contributed by atoms with Crippen LogP contribution in [0.2, 0.25) is 0 Å². The minimum atomic E-state index is -0.184. The average molecular weight is 284 g/mol. The Kier molecular flexibility index (Phi) is 2.44. The highest BCUT2D eigenvalue weighted by atomic mass is 16.5. The monoisotopic (exact) mass is 284 g/mol. The van der Waals surface area contributed by atoms with E-state index in [9.17, 15) is 4.79 Å². The van der Waals surface area contributed by atoms with E-state index in [4.69, 9.17) is 4.74 Å². The number of benzene rings is 1. The van der Waals surface area contributed by atoms with Crippen molar-refractivity contribution in [1.29, 1.82) is 0 Å². The molecule has 110 valence electrons. The third-order valence-corrected chi connectivity index (χ3v) is 5.22. The number of carbonyl (C=O) groups is 1. The summed E-state index contributed by atoms with van der Waals surface area (Å²) in [4.78, 5) is 18.0. The number of rotatable bonds is 1. The Morgan fingerprint density at radius 1 is 1.43 bits per heavy atom. The van der Waals surface area contributed by atoms with Gasteiger partial charge in [0, 0.05) is 29.1 Å². The first kappa shape index (κ1) is 12.7. The standard InChI is InChI=1S/C17H20N2O2/c1-10-9-17(2)15-12(6-7-19(17)16(10)20)13-8-11(21-3)4-5-14(13)18-15/h4-5,8,10,18H,6-7,9H2,1-3H3/t10-,17+/m1/s1. The lowest BCUT2D eigenvalue weighted by atomic mass is 9.85. The van der Waals surface area contributed by atoms with Crippen LogP contribution in [-0.4, -0.2) is 29.4 Å². The van der Waals surface area contributed by atoms with Gasteiger partial charge in [-0.3, -0.25) is 4.79 Å². The molecule has 1 amide bonds. The zero-order valence-electron chi connectivity index (χ0n) is 12.7. The van der Waals surface area contributed by atoms with Crippen LogP contribution < -0.4 is 4.74 Å². The first-order valence-corrected chi connectivity index (χ1v) is 7.55. The van der Waals surface area contributed by atoms with Crippen LogP contribution in [0, 0.1) is 5.92 Å². The van der Waals surface area contributed by atoms with Crippen molar-refractivity contribution in [3.05, 3.63) is 29.5 Å². The predicted molar refractivity (Wildman–Crippen MR) is 81.4 cm³/mol. The number of carbonyl (C=O) groups excluding carboxylic acids is 1. The Balaban J connectivity index is 1.94. The summed E-state index contributed by atoms with van der Waals surface area (Å²) in [5.41, 5.74) is 3.52. The van der Waals surface area contributed by atoms with Gasteiger partial charge in [-0.25, -0.2) is 0 Å². The maximum absolute atomic E-state index is 12.4. The van der Waals surface area contributed by atoms with Gasteiger partial charge in [0.15, 0.2) is 0 Å². The van der Waals surface area contributed by atoms with E-state index in [1.54, 1.807) is 7.11 Å². The molecule has 1 saturated heterocycles. The highest BCUT2D eigenvalue weighted by Gasteiger charge is 2.50. The number of amides is 1. The van der Waals surface area contributed by atoms with Crippen LogP contribution >= 0.6 is 0 Å². The van der Waals surface area contributed by atoms with Crippen LogP contribution in [0.3, 0.4) is 0 Å². The minimum absolute atomic E-state index is 0.113. The van der Waals surface area contributed by atoms with Crippen LogP contribution in [0.25, 0.3) is 10.9 Å². The number of H-pyrrole nitrogens is 1. The summed E-state index contributed by atoms with van der Waals surface area (Å²) in [5.74, 6) is 1.29. The van der Waals surface area contributed by atoms with Crippen molar-refractivity contribution < 1.29 is 9.53 Å². The molecule has 1 aromatic carbocycles. The second-order valence-corrected chi connectivity index (χ2v) is 6.51. The highest BCUT2D eigenvalue weighted by molar-refractivity contribution is 5.89. The Morgan fingerprint density at radius 3 is 3.00 bits per heavy atom. The van der Waals surface area contributed by atoms with Gasteiger partial charge in [-0.2, -0.15) is 0 Å². The van der Waals surface area contributed by atoms with Gasteiger partial charge in [0.05, 0.1) is 12.6 Å². The summed E-state index contributed by atoms with van der Waals surface area (Å²) >= 11 is 0. The number of aromatic nitrogens is 1. The van der Waals surface area contributed by atoms with Gasteiger partial charge in [-0.1, -0.05) is 6.92 Å². The van der Waals surface area contributed by atoms with Crippen LogP contribution in [0.5, 0.6) is 5.75 Å². The maximum atomic E-state index is 12.4. The maximum Gasteiger partial charge on any atom is 0.226 e. The number of fused-ring (bicyclic) bond motifs is 5. The molecule has 1 aromatic heterocycles. The van der Waals surface area contributed by atoms with E-state index in [1.165, 1.54) is 16.6 Å².